The molecule has 15 heavy (non-hydrogen) atoms. The van der Waals surface area contributed by atoms with Gasteiger partial charge in [0.2, 0.25) is 0 Å². The SMILES string of the molecule is CCC(CC)Nc1nc(C(F)(F)F)cs1. The molecule has 0 aromatic carbocycles. The molecule has 0 aliphatic carbocycles. The van der Waals surface area contributed by atoms with E-state index in [4.69, 9.17) is 0 Å². The molecule has 0 amide bonds. The quantitative estimate of drug-likeness (QED) is 0.863. The summed E-state index contributed by atoms with van der Waals surface area (Å²) in [5.74, 6) is 0. The number of thiazole rings is 1. The van der Waals surface area contributed by atoms with Gasteiger partial charge >= 0.3 is 6.18 Å². The predicted molar refractivity (Wildman–Crippen MR) is 55.1 cm³/mol. The molecule has 1 aromatic heterocycles. The lowest BCUT2D eigenvalue weighted by atomic mass is 10.2. The van der Waals surface area contributed by atoms with Crippen LogP contribution in [0.15, 0.2) is 5.38 Å². The molecule has 0 unspecified atom stereocenters. The molecule has 0 atom stereocenters. The highest BCUT2D eigenvalue weighted by molar-refractivity contribution is 7.13. The van der Waals surface area contributed by atoms with Crippen molar-refractivity contribution in [1.82, 2.24) is 4.98 Å². The number of nitrogens with zero attached hydrogens (tertiary/aromatic N) is 1. The number of rotatable bonds is 4. The van der Waals surface area contributed by atoms with Crippen LogP contribution in [0.1, 0.15) is 32.4 Å². The molecule has 0 bridgehead atoms. The average molecular weight is 238 g/mol. The molecule has 0 aliphatic heterocycles. The Morgan fingerprint density at radius 1 is 1.40 bits per heavy atom. The maximum Gasteiger partial charge on any atom is 0.434 e. The molecule has 1 rings (SSSR count). The summed E-state index contributed by atoms with van der Waals surface area (Å²) in [6, 6.07) is 0.192. The van der Waals surface area contributed by atoms with Gasteiger partial charge in [-0.05, 0) is 12.8 Å². The van der Waals surface area contributed by atoms with E-state index >= 15 is 0 Å². The van der Waals surface area contributed by atoms with Crippen molar-refractivity contribution in [3.05, 3.63) is 11.1 Å². The second kappa shape index (κ2) is 4.83. The van der Waals surface area contributed by atoms with E-state index in [2.05, 4.69) is 10.3 Å². The molecule has 0 saturated carbocycles. The Kier molecular flexibility index (Phi) is 3.96. The summed E-state index contributed by atoms with van der Waals surface area (Å²) >= 11 is 0.993. The summed E-state index contributed by atoms with van der Waals surface area (Å²) in [7, 11) is 0. The lowest BCUT2D eigenvalue weighted by molar-refractivity contribution is -0.140. The van der Waals surface area contributed by atoms with E-state index in [0.717, 1.165) is 29.6 Å². The molecule has 0 fully saturated rings. The summed E-state index contributed by atoms with van der Waals surface area (Å²) < 4.78 is 36.7. The first kappa shape index (κ1) is 12.3. The van der Waals surface area contributed by atoms with Gasteiger partial charge in [0.05, 0.1) is 0 Å². The molecule has 1 aromatic rings. The largest absolute Gasteiger partial charge is 0.434 e. The molecule has 0 aliphatic rings. The molecule has 0 radical (unpaired) electrons. The molecule has 2 nitrogen and oxygen atoms in total. The zero-order chi connectivity index (χ0) is 11.5. The van der Waals surface area contributed by atoms with Gasteiger partial charge in [-0.15, -0.1) is 11.3 Å². The minimum Gasteiger partial charge on any atom is -0.359 e. The van der Waals surface area contributed by atoms with Crippen LogP contribution in [0.2, 0.25) is 0 Å². The van der Waals surface area contributed by atoms with Crippen LogP contribution in [-0.2, 0) is 6.18 Å². The van der Waals surface area contributed by atoms with Crippen molar-refractivity contribution in [2.75, 3.05) is 5.32 Å². The molecule has 6 heteroatoms. The number of aromatic nitrogens is 1. The first-order valence-corrected chi connectivity index (χ1v) is 5.64. The fraction of sp³-hybridized carbons (Fsp3) is 0.667. The zero-order valence-electron chi connectivity index (χ0n) is 8.56. The fourth-order valence-corrected chi connectivity index (χ4v) is 1.93. The summed E-state index contributed by atoms with van der Waals surface area (Å²) in [4.78, 5) is 3.50. The second-order valence-electron chi connectivity index (χ2n) is 3.19. The van der Waals surface area contributed by atoms with Crippen molar-refractivity contribution >= 4 is 16.5 Å². The van der Waals surface area contributed by atoms with Crippen molar-refractivity contribution in [2.24, 2.45) is 0 Å². The van der Waals surface area contributed by atoms with Gasteiger partial charge in [0.1, 0.15) is 0 Å². The third-order valence-electron chi connectivity index (χ3n) is 2.11. The molecule has 0 saturated heterocycles. The fourth-order valence-electron chi connectivity index (χ4n) is 1.14. The van der Waals surface area contributed by atoms with Crippen LogP contribution in [0, 0.1) is 0 Å². The topological polar surface area (TPSA) is 24.9 Å². The Morgan fingerprint density at radius 2 is 2.00 bits per heavy atom. The number of alkyl halides is 3. The smallest absolute Gasteiger partial charge is 0.359 e. The normalized spacial score (nSPS) is 12.1. The van der Waals surface area contributed by atoms with Gasteiger partial charge in [0.25, 0.3) is 0 Å². The van der Waals surface area contributed by atoms with E-state index in [1.54, 1.807) is 0 Å². The van der Waals surface area contributed by atoms with Crippen LogP contribution in [0.4, 0.5) is 18.3 Å². The van der Waals surface area contributed by atoms with Crippen LogP contribution in [0.25, 0.3) is 0 Å². The highest BCUT2D eigenvalue weighted by Gasteiger charge is 2.33. The van der Waals surface area contributed by atoms with Crippen molar-refractivity contribution in [1.29, 1.82) is 0 Å². The zero-order valence-corrected chi connectivity index (χ0v) is 9.37. The van der Waals surface area contributed by atoms with Crippen molar-refractivity contribution < 1.29 is 13.2 Å². The molecule has 1 heterocycles. The van der Waals surface area contributed by atoms with Gasteiger partial charge in [0.15, 0.2) is 10.8 Å². The minimum absolute atomic E-state index is 0.192. The Bertz CT molecular complexity index is 305. The van der Waals surface area contributed by atoms with E-state index < -0.39 is 11.9 Å². The van der Waals surface area contributed by atoms with Crippen LogP contribution in [0.3, 0.4) is 0 Å². The van der Waals surface area contributed by atoms with Gasteiger partial charge in [-0.3, -0.25) is 0 Å². The predicted octanol–water partition coefficient (Wildman–Crippen LogP) is 3.76. The van der Waals surface area contributed by atoms with Gasteiger partial charge in [-0.2, -0.15) is 13.2 Å². The van der Waals surface area contributed by atoms with E-state index in [1.807, 2.05) is 13.8 Å². The third kappa shape index (κ3) is 3.37. The van der Waals surface area contributed by atoms with E-state index in [-0.39, 0.29) is 6.04 Å². The van der Waals surface area contributed by atoms with Crippen molar-refractivity contribution in [2.45, 2.75) is 38.9 Å². The summed E-state index contributed by atoms with van der Waals surface area (Å²) in [6.45, 7) is 3.97. The van der Waals surface area contributed by atoms with E-state index in [1.165, 1.54) is 0 Å². The van der Waals surface area contributed by atoms with Crippen LogP contribution >= 0.6 is 11.3 Å². The lowest BCUT2D eigenvalue weighted by Crippen LogP contribution is -2.17. The summed E-state index contributed by atoms with van der Waals surface area (Å²) in [6.07, 6.45) is -2.60. The van der Waals surface area contributed by atoms with Crippen LogP contribution in [0.5, 0.6) is 0 Å². The molecule has 0 spiro atoms. The highest BCUT2D eigenvalue weighted by atomic mass is 32.1. The first-order valence-electron chi connectivity index (χ1n) is 4.76. The minimum atomic E-state index is -4.34. The van der Waals surface area contributed by atoms with Gasteiger partial charge in [0, 0.05) is 11.4 Å². The third-order valence-corrected chi connectivity index (χ3v) is 2.88. The molecular weight excluding hydrogens is 225 g/mol. The average Bonchev–Trinajstić information content (AvgIpc) is 2.61. The number of anilines is 1. The number of hydrogen-bond acceptors (Lipinski definition) is 3. The maximum atomic E-state index is 12.2. The van der Waals surface area contributed by atoms with Crippen LogP contribution in [-0.4, -0.2) is 11.0 Å². The number of nitrogens with one attached hydrogen (secondary N) is 1. The molecular formula is C9H13F3N2S. The van der Waals surface area contributed by atoms with Gasteiger partial charge < -0.3 is 5.32 Å². The number of hydrogen-bond donors (Lipinski definition) is 1. The van der Waals surface area contributed by atoms with Crippen molar-refractivity contribution in [3.8, 4) is 0 Å². The maximum absolute atomic E-state index is 12.2. The Morgan fingerprint density at radius 3 is 2.40 bits per heavy atom. The lowest BCUT2D eigenvalue weighted by Gasteiger charge is -2.12. The van der Waals surface area contributed by atoms with Crippen molar-refractivity contribution in [3.63, 3.8) is 0 Å². The highest BCUT2D eigenvalue weighted by Crippen LogP contribution is 2.31. The van der Waals surface area contributed by atoms with Crippen LogP contribution < -0.4 is 5.32 Å². The molecule has 1 N–H and O–H groups in total. The van der Waals surface area contributed by atoms with E-state index in [0.29, 0.717) is 5.13 Å². The Hall–Kier alpha value is -0.780. The second-order valence-corrected chi connectivity index (χ2v) is 4.05. The standard InChI is InChI=1S/C9H13F3N2S/c1-3-6(4-2)13-8-14-7(5-15-8)9(10,11)12/h5-6H,3-4H2,1-2H3,(H,13,14). The summed E-state index contributed by atoms with van der Waals surface area (Å²) in [5.41, 5.74) is -0.819. The van der Waals surface area contributed by atoms with Gasteiger partial charge in [-0.25, -0.2) is 4.98 Å². The Balaban J connectivity index is 2.68. The first-order chi connectivity index (χ1) is 6.97. The number of halogens is 3. The monoisotopic (exact) mass is 238 g/mol. The molecule has 86 valence electrons. The van der Waals surface area contributed by atoms with Gasteiger partial charge in [-0.1, -0.05) is 13.8 Å². The summed E-state index contributed by atoms with van der Waals surface area (Å²) in [5, 5.41) is 4.35. The Labute approximate surface area is 90.5 Å². The van der Waals surface area contributed by atoms with E-state index in [9.17, 15) is 13.2 Å².